The molecule has 106 valence electrons. The zero-order valence-corrected chi connectivity index (χ0v) is 13.2. The second-order valence-corrected chi connectivity index (χ2v) is 5.88. The highest BCUT2D eigenvalue weighted by Crippen LogP contribution is 2.38. The van der Waals surface area contributed by atoms with E-state index in [2.05, 4.69) is 0 Å². The summed E-state index contributed by atoms with van der Waals surface area (Å²) in [6, 6.07) is 10.6. The number of benzene rings is 3. The van der Waals surface area contributed by atoms with Gasteiger partial charge in [-0.2, -0.15) is 0 Å². The van der Waals surface area contributed by atoms with Crippen LogP contribution in [-0.2, 0) is 0 Å². The molecule has 0 spiro atoms. The van der Waals surface area contributed by atoms with Crippen LogP contribution in [-0.4, -0.2) is 44.3 Å². The van der Waals surface area contributed by atoms with Gasteiger partial charge in [-0.1, -0.05) is 35.2 Å². The van der Waals surface area contributed by atoms with Gasteiger partial charge in [0.25, 0.3) is 0 Å². The Morgan fingerprint density at radius 1 is 0.720 bits per heavy atom. The maximum absolute atomic E-state index is 10.2. The summed E-state index contributed by atoms with van der Waals surface area (Å²) in [4.78, 5) is 0. The van der Waals surface area contributed by atoms with Crippen molar-refractivity contribution in [3.05, 3.63) is 36.4 Å². The van der Waals surface area contributed by atoms with E-state index >= 15 is 0 Å². The highest BCUT2D eigenvalue weighted by molar-refractivity contribution is 6.68. The second-order valence-electron chi connectivity index (χ2n) is 5.88. The predicted octanol–water partition coefficient (Wildman–Crippen LogP) is -1.07. The van der Waals surface area contributed by atoms with E-state index in [9.17, 15) is 5.11 Å². The number of rotatable bonds is 1. The fraction of sp³-hybridized carbons (Fsp3) is 0. The van der Waals surface area contributed by atoms with Gasteiger partial charge in [-0.15, -0.1) is 16.4 Å². The first kappa shape index (κ1) is 16.1. The molecule has 2 nitrogen and oxygen atoms in total. The third-order valence-corrected chi connectivity index (χ3v) is 4.47. The van der Waals surface area contributed by atoms with Gasteiger partial charge in [-0.25, -0.2) is 0 Å². The summed E-state index contributed by atoms with van der Waals surface area (Å²) >= 11 is 0. The monoisotopic (exact) mass is 310 g/mol. The van der Waals surface area contributed by atoms with E-state index in [4.69, 9.17) is 43.6 Å². The van der Waals surface area contributed by atoms with E-state index in [-0.39, 0.29) is 33.1 Å². The van der Waals surface area contributed by atoms with Gasteiger partial charge >= 0.3 is 0 Å². The third kappa shape index (κ3) is 2.18. The molecule has 0 aliphatic carbocycles. The van der Waals surface area contributed by atoms with Crippen LogP contribution in [0.3, 0.4) is 0 Å². The quantitative estimate of drug-likeness (QED) is 0.454. The van der Waals surface area contributed by atoms with Crippen molar-refractivity contribution >= 4 is 88.5 Å². The molecule has 25 heavy (non-hydrogen) atoms. The lowest BCUT2D eigenvalue weighted by atomic mass is 9.59. The Kier molecular flexibility index (Phi) is 3.57. The minimum atomic E-state index is 0.130. The lowest BCUT2D eigenvalue weighted by Crippen LogP contribution is -2.55. The van der Waals surface area contributed by atoms with E-state index < -0.39 is 0 Å². The predicted molar refractivity (Wildman–Crippen MR) is 108 cm³/mol. The molecule has 0 aliphatic rings. The summed E-state index contributed by atoms with van der Waals surface area (Å²) in [6.07, 6.45) is 0. The van der Waals surface area contributed by atoms with E-state index in [1.807, 2.05) is 12.1 Å². The van der Waals surface area contributed by atoms with E-state index in [1.54, 1.807) is 24.3 Å². The summed E-state index contributed by atoms with van der Waals surface area (Å²) in [6.45, 7) is 0. The van der Waals surface area contributed by atoms with Gasteiger partial charge in [-0.05, 0) is 17.7 Å². The lowest BCUT2D eigenvalue weighted by molar-refractivity contribution is 0.481. The van der Waals surface area contributed by atoms with Crippen LogP contribution in [0, 0.1) is 0 Å². The molecule has 0 bridgehead atoms. The van der Waals surface area contributed by atoms with Crippen LogP contribution >= 0.6 is 0 Å². The Labute approximate surface area is 151 Å². The molecular weight excluding hydrogens is 302 g/mol. The summed E-state index contributed by atoms with van der Waals surface area (Å²) < 4.78 is 5.95. The number of hydrogen-bond acceptors (Lipinski definition) is 2. The minimum absolute atomic E-state index is 0.130. The van der Waals surface area contributed by atoms with E-state index in [0.717, 1.165) is 5.39 Å². The number of fused-ring (bicyclic) bond motifs is 3. The molecule has 1 heterocycles. The normalized spacial score (nSPS) is 11.4. The minimum Gasteiger partial charge on any atom is -0.507 e. The summed E-state index contributed by atoms with van der Waals surface area (Å²) in [5, 5.41) is 11.5. The number of phenols is 1. The maximum Gasteiger partial charge on any atom is 0.143 e. The number of phenolic OH excluding ortho intramolecular Hbond substituents is 1. The van der Waals surface area contributed by atoms with Gasteiger partial charge in [0.15, 0.2) is 0 Å². The first-order chi connectivity index (χ1) is 11.9. The Balaban J connectivity index is 2.17. The Hall–Kier alpha value is -2.42. The molecule has 0 saturated carbocycles. The van der Waals surface area contributed by atoms with Crippen LogP contribution in [0.15, 0.2) is 40.8 Å². The molecule has 0 atom stereocenters. The van der Waals surface area contributed by atoms with Crippen molar-refractivity contribution in [2.45, 2.75) is 0 Å². The highest BCUT2D eigenvalue weighted by atomic mass is 16.3. The van der Waals surface area contributed by atoms with Gasteiger partial charge in [0.1, 0.15) is 56.1 Å². The van der Waals surface area contributed by atoms with Crippen molar-refractivity contribution < 1.29 is 9.52 Å². The number of para-hydroxylation sites is 1. The molecule has 0 amide bonds. The molecule has 0 saturated heterocycles. The average Bonchev–Trinajstić information content (AvgIpc) is 2.99. The zero-order chi connectivity index (χ0) is 17.9. The van der Waals surface area contributed by atoms with Gasteiger partial charge in [0.05, 0.1) is 5.39 Å². The van der Waals surface area contributed by atoms with Gasteiger partial charge in [0, 0.05) is 10.9 Å². The third-order valence-electron chi connectivity index (χ3n) is 4.47. The number of furan rings is 1. The first-order valence-electron chi connectivity index (χ1n) is 7.56. The van der Waals surface area contributed by atoms with Gasteiger partial charge in [0.2, 0.25) is 0 Å². The second kappa shape index (κ2) is 5.55. The molecule has 1 N–H and O–H groups in total. The molecule has 3 aromatic carbocycles. The molecule has 10 radical (unpaired) electrons. The molecule has 7 heteroatoms. The number of aromatic hydroxyl groups is 1. The molecule has 1 aromatic heterocycles. The van der Waals surface area contributed by atoms with Crippen LogP contribution in [0.5, 0.6) is 5.75 Å². The molecular formula is C18H7B5O2. The van der Waals surface area contributed by atoms with Crippen molar-refractivity contribution in [3.8, 4) is 16.9 Å². The van der Waals surface area contributed by atoms with Crippen LogP contribution in [0.1, 0.15) is 0 Å². The molecule has 4 aromatic rings. The fourth-order valence-corrected chi connectivity index (χ4v) is 3.17. The van der Waals surface area contributed by atoms with Crippen molar-refractivity contribution in [1.29, 1.82) is 0 Å². The summed E-state index contributed by atoms with van der Waals surface area (Å²) in [7, 11) is 30.1. The van der Waals surface area contributed by atoms with Crippen LogP contribution in [0.25, 0.3) is 33.1 Å². The molecule has 4 rings (SSSR count). The van der Waals surface area contributed by atoms with Crippen LogP contribution in [0.2, 0.25) is 0 Å². The summed E-state index contributed by atoms with van der Waals surface area (Å²) in [5.74, 6) is 0.130. The van der Waals surface area contributed by atoms with Crippen LogP contribution < -0.4 is 27.3 Å². The van der Waals surface area contributed by atoms with E-state index in [0.29, 0.717) is 27.7 Å². The summed E-state index contributed by atoms with van der Waals surface area (Å²) in [5.41, 5.74) is 3.16. The Morgan fingerprint density at radius 3 is 2.00 bits per heavy atom. The highest BCUT2D eigenvalue weighted by Gasteiger charge is 2.18. The van der Waals surface area contributed by atoms with Crippen LogP contribution in [0.4, 0.5) is 0 Å². The topological polar surface area (TPSA) is 33.4 Å². The maximum atomic E-state index is 10.2. The Morgan fingerprint density at radius 2 is 1.32 bits per heavy atom. The number of hydrogen-bond donors (Lipinski definition) is 1. The SMILES string of the molecule is [B]c1c([B])c([B])c(-c2cccc3c2oc2cccc(O)c23)c([B])c1[B]. The lowest BCUT2D eigenvalue weighted by Gasteiger charge is -2.21. The van der Waals surface area contributed by atoms with E-state index in [1.165, 1.54) is 0 Å². The zero-order valence-electron chi connectivity index (χ0n) is 13.2. The fourth-order valence-electron chi connectivity index (χ4n) is 3.17. The average molecular weight is 309 g/mol. The Bertz CT molecular complexity index is 1130. The van der Waals surface area contributed by atoms with Gasteiger partial charge in [-0.3, -0.25) is 0 Å². The molecule has 0 aliphatic heterocycles. The van der Waals surface area contributed by atoms with Crippen molar-refractivity contribution in [2.24, 2.45) is 0 Å². The first-order valence-corrected chi connectivity index (χ1v) is 7.56. The standard InChI is InChI=1S/C18H7B5O2/c19-13-12(14(20)16(22)17(23)15(13)21)8-4-1-3-7-11-9(24)5-2-6-10(11)25-18(7)8/h1-6,24H. The van der Waals surface area contributed by atoms with Crippen molar-refractivity contribution in [1.82, 2.24) is 0 Å². The molecule has 0 unspecified atom stereocenters. The largest absolute Gasteiger partial charge is 0.507 e. The van der Waals surface area contributed by atoms with Crippen molar-refractivity contribution in [3.63, 3.8) is 0 Å². The van der Waals surface area contributed by atoms with Crippen molar-refractivity contribution in [2.75, 3.05) is 0 Å². The molecule has 0 fully saturated rings. The van der Waals surface area contributed by atoms with Gasteiger partial charge < -0.3 is 9.52 Å². The smallest absolute Gasteiger partial charge is 0.143 e.